The van der Waals surface area contributed by atoms with Crippen molar-refractivity contribution < 1.29 is 19.1 Å². The number of carbonyl (C=O) groups excluding carboxylic acids is 2. The van der Waals surface area contributed by atoms with Crippen molar-refractivity contribution in [1.29, 1.82) is 0 Å². The first-order chi connectivity index (χ1) is 13.1. The van der Waals surface area contributed by atoms with Crippen LogP contribution >= 0.6 is 11.6 Å². The average molecular weight is 389 g/mol. The number of ether oxygens (including phenoxy) is 2. The molecular formula is C20H21ClN2O4. The van der Waals surface area contributed by atoms with Crippen LogP contribution in [0.25, 0.3) is 0 Å². The smallest absolute Gasteiger partial charge is 0.337 e. The van der Waals surface area contributed by atoms with E-state index in [-0.39, 0.29) is 18.5 Å². The summed E-state index contributed by atoms with van der Waals surface area (Å²) in [6.07, 6.45) is 0. The molecule has 0 aliphatic carbocycles. The Hall–Kier alpha value is -2.73. The second kappa shape index (κ2) is 8.77. The maximum atomic E-state index is 12.3. The van der Waals surface area contributed by atoms with Gasteiger partial charge in [-0.15, -0.1) is 0 Å². The third-order valence-corrected chi connectivity index (χ3v) is 4.71. The van der Waals surface area contributed by atoms with E-state index in [1.807, 2.05) is 12.1 Å². The molecule has 0 atom stereocenters. The third kappa shape index (κ3) is 4.92. The Kier molecular flexibility index (Phi) is 6.19. The Morgan fingerprint density at radius 1 is 0.963 bits per heavy atom. The molecule has 1 aliphatic rings. The number of amides is 1. The van der Waals surface area contributed by atoms with Crippen LogP contribution < -0.4 is 9.64 Å². The minimum Gasteiger partial charge on any atom is -0.484 e. The minimum atomic E-state index is -0.349. The van der Waals surface area contributed by atoms with Gasteiger partial charge >= 0.3 is 5.97 Å². The Balaban J connectivity index is 1.48. The summed E-state index contributed by atoms with van der Waals surface area (Å²) in [7, 11) is 1.36. The van der Waals surface area contributed by atoms with Crippen molar-refractivity contribution in [1.82, 2.24) is 4.90 Å². The highest BCUT2D eigenvalue weighted by Crippen LogP contribution is 2.19. The van der Waals surface area contributed by atoms with Crippen molar-refractivity contribution in [2.24, 2.45) is 0 Å². The molecule has 0 spiro atoms. The van der Waals surface area contributed by atoms with Gasteiger partial charge in [0.05, 0.1) is 12.7 Å². The first kappa shape index (κ1) is 19.0. The summed E-state index contributed by atoms with van der Waals surface area (Å²) in [5.74, 6) is 0.236. The minimum absolute atomic E-state index is 0.00938. The van der Waals surface area contributed by atoms with E-state index in [1.54, 1.807) is 41.3 Å². The lowest BCUT2D eigenvalue weighted by atomic mass is 10.2. The van der Waals surface area contributed by atoms with Crippen LogP contribution in [0.5, 0.6) is 5.75 Å². The number of rotatable bonds is 5. The molecule has 2 aromatic rings. The fourth-order valence-corrected chi connectivity index (χ4v) is 3.03. The summed E-state index contributed by atoms with van der Waals surface area (Å²) in [5, 5.41) is 0.629. The summed E-state index contributed by atoms with van der Waals surface area (Å²) in [5.41, 5.74) is 1.54. The topological polar surface area (TPSA) is 59.1 Å². The quantitative estimate of drug-likeness (QED) is 0.737. The summed E-state index contributed by atoms with van der Waals surface area (Å²) in [6, 6.07) is 14.2. The predicted molar refractivity (Wildman–Crippen MR) is 104 cm³/mol. The van der Waals surface area contributed by atoms with Crippen LogP contribution in [-0.2, 0) is 9.53 Å². The molecule has 3 rings (SSSR count). The Bertz CT molecular complexity index is 785. The fourth-order valence-electron chi connectivity index (χ4n) is 2.91. The summed E-state index contributed by atoms with van der Waals surface area (Å²) in [4.78, 5) is 27.8. The van der Waals surface area contributed by atoms with Crippen LogP contribution in [0.2, 0.25) is 5.02 Å². The highest BCUT2D eigenvalue weighted by atomic mass is 35.5. The number of hydrogen-bond donors (Lipinski definition) is 0. The van der Waals surface area contributed by atoms with Gasteiger partial charge in [0.25, 0.3) is 5.91 Å². The second-order valence-corrected chi connectivity index (χ2v) is 6.59. The number of anilines is 1. The van der Waals surface area contributed by atoms with Gasteiger partial charge in [0.1, 0.15) is 5.75 Å². The average Bonchev–Trinajstić information content (AvgIpc) is 2.73. The molecule has 0 N–H and O–H groups in total. The fraction of sp³-hybridized carbons (Fsp3) is 0.300. The van der Waals surface area contributed by atoms with Crippen LogP contribution in [0.3, 0.4) is 0 Å². The molecule has 0 saturated carbocycles. The van der Waals surface area contributed by atoms with Crippen LogP contribution in [0.1, 0.15) is 10.4 Å². The van der Waals surface area contributed by atoms with Crippen LogP contribution in [-0.4, -0.2) is 56.7 Å². The number of piperazine rings is 1. The zero-order chi connectivity index (χ0) is 19.2. The van der Waals surface area contributed by atoms with Gasteiger partial charge in [-0.2, -0.15) is 0 Å². The van der Waals surface area contributed by atoms with E-state index in [9.17, 15) is 9.59 Å². The van der Waals surface area contributed by atoms with Crippen molar-refractivity contribution >= 4 is 29.2 Å². The molecule has 1 fully saturated rings. The van der Waals surface area contributed by atoms with E-state index in [4.69, 9.17) is 21.1 Å². The van der Waals surface area contributed by atoms with Gasteiger partial charge in [0.2, 0.25) is 0 Å². The molecule has 0 aromatic heterocycles. The van der Waals surface area contributed by atoms with E-state index >= 15 is 0 Å². The van der Waals surface area contributed by atoms with Crippen molar-refractivity contribution in [3.05, 3.63) is 59.1 Å². The first-order valence-corrected chi connectivity index (χ1v) is 9.04. The molecule has 1 amide bonds. The maximum absolute atomic E-state index is 12.3. The molecule has 0 radical (unpaired) electrons. The Morgan fingerprint density at radius 2 is 1.59 bits per heavy atom. The maximum Gasteiger partial charge on any atom is 0.337 e. The molecule has 2 aromatic carbocycles. The molecular weight excluding hydrogens is 368 g/mol. The number of hydrogen-bond acceptors (Lipinski definition) is 5. The lowest BCUT2D eigenvalue weighted by molar-refractivity contribution is -0.133. The number of halogens is 1. The number of nitrogens with zero attached hydrogens (tertiary/aromatic N) is 2. The van der Waals surface area contributed by atoms with Crippen molar-refractivity contribution in [2.45, 2.75) is 0 Å². The third-order valence-electron chi connectivity index (χ3n) is 4.46. The standard InChI is InChI=1S/C20H21ClN2O4/c1-26-20(25)15-2-6-17(7-3-15)22-10-12-23(13-11-22)19(24)14-27-18-8-4-16(21)5-9-18/h2-9H,10-14H2,1H3. The van der Waals surface area contributed by atoms with Crippen molar-refractivity contribution in [3.8, 4) is 5.75 Å². The summed E-state index contributed by atoms with van der Waals surface area (Å²) < 4.78 is 10.2. The molecule has 6 nitrogen and oxygen atoms in total. The van der Waals surface area contributed by atoms with Gasteiger partial charge in [-0.1, -0.05) is 11.6 Å². The lowest BCUT2D eigenvalue weighted by Crippen LogP contribution is -2.50. The molecule has 1 aliphatic heterocycles. The lowest BCUT2D eigenvalue weighted by Gasteiger charge is -2.36. The van der Waals surface area contributed by atoms with E-state index in [0.29, 0.717) is 29.4 Å². The number of esters is 1. The van der Waals surface area contributed by atoms with Gasteiger partial charge in [-0.05, 0) is 48.5 Å². The first-order valence-electron chi connectivity index (χ1n) is 8.66. The van der Waals surface area contributed by atoms with E-state index in [2.05, 4.69) is 4.90 Å². The zero-order valence-electron chi connectivity index (χ0n) is 15.1. The zero-order valence-corrected chi connectivity index (χ0v) is 15.8. The van der Waals surface area contributed by atoms with Crippen LogP contribution in [0.15, 0.2) is 48.5 Å². The molecule has 0 bridgehead atoms. The highest BCUT2D eigenvalue weighted by Gasteiger charge is 2.21. The molecule has 142 valence electrons. The van der Waals surface area contributed by atoms with E-state index in [1.165, 1.54) is 7.11 Å². The SMILES string of the molecule is COC(=O)c1ccc(N2CCN(C(=O)COc3ccc(Cl)cc3)CC2)cc1. The molecule has 7 heteroatoms. The highest BCUT2D eigenvalue weighted by molar-refractivity contribution is 6.30. The van der Waals surface area contributed by atoms with Gasteiger partial charge in [0, 0.05) is 36.9 Å². The Labute approximate surface area is 163 Å². The number of methoxy groups -OCH3 is 1. The van der Waals surface area contributed by atoms with Crippen LogP contribution in [0, 0.1) is 0 Å². The van der Waals surface area contributed by atoms with Crippen LogP contribution in [0.4, 0.5) is 5.69 Å². The van der Waals surface area contributed by atoms with Crippen molar-refractivity contribution in [3.63, 3.8) is 0 Å². The molecule has 0 unspecified atom stereocenters. The normalized spacial score (nSPS) is 14.0. The van der Waals surface area contributed by atoms with E-state index in [0.717, 1.165) is 18.8 Å². The largest absolute Gasteiger partial charge is 0.484 e. The predicted octanol–water partition coefficient (Wildman–Crippen LogP) is 2.85. The van der Waals surface area contributed by atoms with Gasteiger partial charge in [-0.3, -0.25) is 4.79 Å². The Morgan fingerprint density at radius 3 is 2.19 bits per heavy atom. The molecule has 1 heterocycles. The van der Waals surface area contributed by atoms with Gasteiger partial charge in [-0.25, -0.2) is 4.79 Å². The number of carbonyl (C=O) groups is 2. The van der Waals surface area contributed by atoms with Crippen molar-refractivity contribution in [2.75, 3.05) is 44.8 Å². The van der Waals surface area contributed by atoms with Gasteiger partial charge < -0.3 is 19.3 Å². The molecule has 1 saturated heterocycles. The molecule has 27 heavy (non-hydrogen) atoms. The van der Waals surface area contributed by atoms with E-state index < -0.39 is 0 Å². The second-order valence-electron chi connectivity index (χ2n) is 6.15. The summed E-state index contributed by atoms with van der Waals surface area (Å²) >= 11 is 5.83. The number of benzene rings is 2. The van der Waals surface area contributed by atoms with Gasteiger partial charge in [0.15, 0.2) is 6.61 Å². The monoisotopic (exact) mass is 388 g/mol. The summed E-state index contributed by atoms with van der Waals surface area (Å²) in [6.45, 7) is 2.72.